The molecule has 1 amide bonds. The molecule has 0 bridgehead atoms. The van der Waals surface area contributed by atoms with Gasteiger partial charge in [0.1, 0.15) is 0 Å². The molecule has 1 aromatic carbocycles. The second-order valence-corrected chi connectivity index (χ2v) is 5.68. The van der Waals surface area contributed by atoms with Gasteiger partial charge >= 0.3 is 11.9 Å². The summed E-state index contributed by atoms with van der Waals surface area (Å²) in [7, 11) is 1.27. The molecule has 0 unspecified atom stereocenters. The monoisotopic (exact) mass is 339 g/mol. The Morgan fingerprint density at radius 1 is 1.08 bits per heavy atom. The smallest absolute Gasteiger partial charge is 0.306 e. The number of amides is 1. The quantitative estimate of drug-likeness (QED) is 0.533. The fourth-order valence-corrected chi connectivity index (χ4v) is 2.37. The zero-order chi connectivity index (χ0) is 18.5. The lowest BCUT2D eigenvalue weighted by molar-refractivity contribution is -0.167. The number of carbonyl (C=O) groups is 3. The van der Waals surface area contributed by atoms with E-state index in [9.17, 15) is 24.6 Å². The highest BCUT2D eigenvalue weighted by Gasteiger charge is 2.44. The van der Waals surface area contributed by atoms with Gasteiger partial charge in [0.2, 0.25) is 0 Å². The van der Waals surface area contributed by atoms with Crippen molar-refractivity contribution in [3.63, 3.8) is 0 Å². The van der Waals surface area contributed by atoms with Crippen LogP contribution in [0.25, 0.3) is 0 Å². The lowest BCUT2D eigenvalue weighted by atomic mass is 9.92. The third-order valence-corrected chi connectivity index (χ3v) is 3.81. The van der Waals surface area contributed by atoms with Gasteiger partial charge in [0, 0.05) is 7.05 Å². The fourth-order valence-electron chi connectivity index (χ4n) is 2.37. The van der Waals surface area contributed by atoms with Crippen LogP contribution in [0, 0.1) is 0 Å². The number of rotatable bonds is 8. The Balaban J connectivity index is 3.00. The number of aliphatic hydroxyl groups is 2. The number of hydrogen-bond acceptors (Lipinski definition) is 5. The van der Waals surface area contributed by atoms with Gasteiger partial charge in [0.05, 0.1) is 25.0 Å². The molecule has 0 heterocycles. The molecule has 0 saturated carbocycles. The minimum absolute atomic E-state index is 0.532. The normalized spacial score (nSPS) is 13.8. The maximum Gasteiger partial charge on any atom is 0.306 e. The van der Waals surface area contributed by atoms with Gasteiger partial charge in [-0.3, -0.25) is 14.4 Å². The van der Waals surface area contributed by atoms with E-state index < -0.39 is 48.4 Å². The predicted molar refractivity (Wildman–Crippen MR) is 83.1 cm³/mol. The number of likely N-dealkylation sites (N-methyl/N-ethyl adjacent to an activating group) is 1. The Kier molecular flexibility index (Phi) is 6.44. The summed E-state index contributed by atoms with van der Waals surface area (Å²) < 4.78 is 0. The third-order valence-electron chi connectivity index (χ3n) is 3.81. The van der Waals surface area contributed by atoms with E-state index in [2.05, 4.69) is 0 Å². The molecular weight excluding hydrogens is 318 g/mol. The van der Waals surface area contributed by atoms with Crippen LogP contribution >= 0.6 is 0 Å². The van der Waals surface area contributed by atoms with Gasteiger partial charge in [-0.1, -0.05) is 30.3 Å². The van der Waals surface area contributed by atoms with Crippen LogP contribution in [0.1, 0.15) is 31.4 Å². The number of carbonyl (C=O) groups excluding carboxylic acids is 1. The number of carboxylic acid groups (broad SMARTS) is 2. The maximum absolute atomic E-state index is 12.5. The van der Waals surface area contributed by atoms with Crippen molar-refractivity contribution in [2.75, 3.05) is 7.05 Å². The Labute approximate surface area is 139 Å². The first-order valence-corrected chi connectivity index (χ1v) is 7.24. The first kappa shape index (κ1) is 19.6. The summed E-state index contributed by atoms with van der Waals surface area (Å²) in [4.78, 5) is 35.2. The van der Waals surface area contributed by atoms with Gasteiger partial charge in [-0.15, -0.1) is 0 Å². The minimum atomic E-state index is -2.59. The molecule has 2 atom stereocenters. The summed E-state index contributed by atoms with van der Waals surface area (Å²) in [6.07, 6.45) is -3.17. The average molecular weight is 339 g/mol. The van der Waals surface area contributed by atoms with E-state index in [1.807, 2.05) is 0 Å². The van der Waals surface area contributed by atoms with E-state index in [1.165, 1.54) is 14.0 Å². The molecule has 0 spiro atoms. The molecule has 0 aliphatic heterocycles. The first-order valence-electron chi connectivity index (χ1n) is 7.24. The second kappa shape index (κ2) is 7.89. The van der Waals surface area contributed by atoms with Gasteiger partial charge in [0.25, 0.3) is 5.91 Å². The molecule has 0 aliphatic carbocycles. The van der Waals surface area contributed by atoms with Gasteiger partial charge in [-0.2, -0.15) is 0 Å². The summed E-state index contributed by atoms with van der Waals surface area (Å²) in [5.74, 6) is -4.08. The van der Waals surface area contributed by atoms with Gasteiger partial charge in [-0.25, -0.2) is 0 Å². The highest BCUT2D eigenvalue weighted by molar-refractivity contribution is 5.92. The Hall–Kier alpha value is -2.45. The SMILES string of the molecule is C[C@@H]([C@@H](O)c1ccccc1)N(C)C(=O)C(O)(CC(=O)O)CC(=O)O. The molecule has 0 fully saturated rings. The molecular formula is C16H21NO7. The van der Waals surface area contributed by atoms with Crippen LogP contribution in [0.2, 0.25) is 0 Å². The number of nitrogens with zero attached hydrogens (tertiary/aromatic N) is 1. The zero-order valence-corrected chi connectivity index (χ0v) is 13.4. The van der Waals surface area contributed by atoms with Crippen molar-refractivity contribution < 1.29 is 34.8 Å². The third kappa shape index (κ3) is 4.77. The van der Waals surface area contributed by atoms with Crippen LogP contribution in [-0.4, -0.2) is 61.9 Å². The summed E-state index contributed by atoms with van der Waals surface area (Å²) in [6.45, 7) is 1.51. The van der Waals surface area contributed by atoms with E-state index in [4.69, 9.17) is 10.2 Å². The molecule has 0 aromatic heterocycles. The Morgan fingerprint density at radius 2 is 1.54 bits per heavy atom. The number of hydrogen-bond donors (Lipinski definition) is 4. The fraction of sp³-hybridized carbons (Fsp3) is 0.438. The van der Waals surface area contributed by atoms with Crippen molar-refractivity contribution in [2.45, 2.75) is 37.5 Å². The highest BCUT2D eigenvalue weighted by atomic mass is 16.4. The van der Waals surface area contributed by atoms with Crippen molar-refractivity contribution in [1.82, 2.24) is 4.90 Å². The van der Waals surface area contributed by atoms with Crippen molar-refractivity contribution in [3.8, 4) is 0 Å². The first-order chi connectivity index (χ1) is 11.1. The largest absolute Gasteiger partial charge is 0.481 e. The van der Waals surface area contributed by atoms with E-state index in [-0.39, 0.29) is 0 Å². The van der Waals surface area contributed by atoms with Crippen LogP contribution < -0.4 is 0 Å². The Morgan fingerprint density at radius 3 is 1.96 bits per heavy atom. The minimum Gasteiger partial charge on any atom is -0.481 e. The summed E-state index contributed by atoms with van der Waals surface area (Å²) in [5.41, 5.74) is -2.05. The van der Waals surface area contributed by atoms with Crippen LogP contribution in [-0.2, 0) is 14.4 Å². The second-order valence-electron chi connectivity index (χ2n) is 5.68. The molecule has 8 heteroatoms. The Bertz CT molecular complexity index is 586. The number of benzene rings is 1. The summed E-state index contributed by atoms with van der Waals surface area (Å²) in [6, 6.07) is 7.67. The van der Waals surface area contributed by atoms with Gasteiger partial charge < -0.3 is 25.3 Å². The van der Waals surface area contributed by atoms with Gasteiger partial charge in [-0.05, 0) is 12.5 Å². The van der Waals surface area contributed by atoms with E-state index >= 15 is 0 Å². The highest BCUT2D eigenvalue weighted by Crippen LogP contribution is 2.25. The van der Waals surface area contributed by atoms with E-state index in [1.54, 1.807) is 30.3 Å². The molecule has 8 nitrogen and oxygen atoms in total. The molecule has 0 aliphatic rings. The standard InChI is InChI=1S/C16H21NO7/c1-10(14(22)11-6-4-3-5-7-11)17(2)15(23)16(24,8-12(18)19)9-13(20)21/h3-7,10,14,22,24H,8-9H2,1-2H3,(H,18,19)(H,20,21)/t10-,14+/m0/s1. The topological polar surface area (TPSA) is 135 Å². The van der Waals surface area contributed by atoms with Crippen LogP contribution in [0.5, 0.6) is 0 Å². The molecule has 4 N–H and O–H groups in total. The van der Waals surface area contributed by atoms with E-state index in [0.29, 0.717) is 5.56 Å². The molecule has 1 rings (SSSR count). The molecule has 1 aromatic rings. The molecule has 0 radical (unpaired) electrons. The number of aliphatic hydroxyl groups excluding tert-OH is 1. The van der Waals surface area contributed by atoms with Crippen LogP contribution in [0.4, 0.5) is 0 Å². The maximum atomic E-state index is 12.5. The van der Waals surface area contributed by atoms with Crippen molar-refractivity contribution in [1.29, 1.82) is 0 Å². The summed E-state index contributed by atoms with van der Waals surface area (Å²) >= 11 is 0. The van der Waals surface area contributed by atoms with Crippen molar-refractivity contribution >= 4 is 17.8 Å². The lowest BCUT2D eigenvalue weighted by Gasteiger charge is -2.35. The average Bonchev–Trinajstić information content (AvgIpc) is 2.51. The lowest BCUT2D eigenvalue weighted by Crippen LogP contribution is -2.53. The molecule has 0 saturated heterocycles. The number of aliphatic carboxylic acids is 2. The number of carboxylic acids is 2. The van der Waals surface area contributed by atoms with Crippen LogP contribution in [0.3, 0.4) is 0 Å². The molecule has 132 valence electrons. The molecule has 24 heavy (non-hydrogen) atoms. The zero-order valence-electron chi connectivity index (χ0n) is 13.4. The van der Waals surface area contributed by atoms with Gasteiger partial charge in [0.15, 0.2) is 5.60 Å². The van der Waals surface area contributed by atoms with Crippen molar-refractivity contribution in [3.05, 3.63) is 35.9 Å². The predicted octanol–water partition coefficient (Wildman–Crippen LogP) is 0.247. The summed E-state index contributed by atoms with van der Waals surface area (Å²) in [5, 5.41) is 38.3. The van der Waals surface area contributed by atoms with E-state index in [0.717, 1.165) is 4.90 Å². The van der Waals surface area contributed by atoms with Crippen molar-refractivity contribution in [2.24, 2.45) is 0 Å². The van der Waals surface area contributed by atoms with Crippen LogP contribution in [0.15, 0.2) is 30.3 Å².